The standard InChI is InChI=1S/C11H15N5O2S/c1-11(18,8-3-4-19-5-8)6-12-10(17)15-9-13-7-14-16(9)2/h3-5,7,18H,6H2,1-2H3,(H2,12,13,14,15,17). The fourth-order valence-corrected chi connectivity index (χ4v) is 2.26. The highest BCUT2D eigenvalue weighted by Crippen LogP contribution is 2.21. The monoisotopic (exact) mass is 281 g/mol. The third-order valence-corrected chi connectivity index (χ3v) is 3.36. The van der Waals surface area contributed by atoms with E-state index >= 15 is 0 Å². The summed E-state index contributed by atoms with van der Waals surface area (Å²) in [6.45, 7) is 1.76. The SMILES string of the molecule is Cn1ncnc1NC(=O)NCC(C)(O)c1ccsc1. The minimum absolute atomic E-state index is 0.105. The highest BCUT2D eigenvalue weighted by Gasteiger charge is 2.24. The van der Waals surface area contributed by atoms with Crippen molar-refractivity contribution in [3.8, 4) is 0 Å². The quantitative estimate of drug-likeness (QED) is 0.776. The van der Waals surface area contributed by atoms with Crippen molar-refractivity contribution in [1.29, 1.82) is 0 Å². The zero-order chi connectivity index (χ0) is 13.9. The van der Waals surface area contributed by atoms with Gasteiger partial charge < -0.3 is 10.4 Å². The third-order valence-electron chi connectivity index (χ3n) is 2.67. The molecular formula is C11H15N5O2S. The molecule has 1 unspecified atom stereocenters. The lowest BCUT2D eigenvalue weighted by Crippen LogP contribution is -2.40. The number of amides is 2. The van der Waals surface area contributed by atoms with Crippen LogP contribution in [0.2, 0.25) is 0 Å². The van der Waals surface area contributed by atoms with Crippen LogP contribution >= 0.6 is 11.3 Å². The average Bonchev–Trinajstić information content (AvgIpc) is 3.00. The topological polar surface area (TPSA) is 92.1 Å². The van der Waals surface area contributed by atoms with Crippen LogP contribution in [0.15, 0.2) is 23.2 Å². The lowest BCUT2D eigenvalue weighted by molar-refractivity contribution is 0.0604. The van der Waals surface area contributed by atoms with E-state index in [1.807, 2.05) is 16.8 Å². The van der Waals surface area contributed by atoms with E-state index in [0.29, 0.717) is 5.95 Å². The first-order chi connectivity index (χ1) is 8.99. The molecule has 1 atom stereocenters. The molecule has 0 spiro atoms. The number of aliphatic hydroxyl groups is 1. The number of carbonyl (C=O) groups excluding carboxylic acids is 1. The number of thiophene rings is 1. The molecule has 8 heteroatoms. The van der Waals surface area contributed by atoms with Crippen LogP contribution in [0, 0.1) is 0 Å². The van der Waals surface area contributed by atoms with Gasteiger partial charge in [-0.05, 0) is 29.3 Å². The Bertz CT molecular complexity index is 549. The summed E-state index contributed by atoms with van der Waals surface area (Å²) in [5.41, 5.74) is -0.325. The van der Waals surface area contributed by atoms with Crippen LogP contribution < -0.4 is 10.6 Å². The van der Waals surface area contributed by atoms with Gasteiger partial charge >= 0.3 is 6.03 Å². The van der Waals surface area contributed by atoms with E-state index < -0.39 is 11.6 Å². The van der Waals surface area contributed by atoms with Crippen molar-refractivity contribution in [3.63, 3.8) is 0 Å². The molecule has 0 aliphatic heterocycles. The summed E-state index contributed by atoms with van der Waals surface area (Å²) in [5, 5.41) is 22.9. The second-order valence-corrected chi connectivity index (χ2v) is 5.08. The van der Waals surface area contributed by atoms with Crippen molar-refractivity contribution in [3.05, 3.63) is 28.7 Å². The van der Waals surface area contributed by atoms with Crippen molar-refractivity contribution < 1.29 is 9.90 Å². The molecule has 102 valence electrons. The summed E-state index contributed by atoms with van der Waals surface area (Å²) in [6.07, 6.45) is 1.34. The maximum Gasteiger partial charge on any atom is 0.321 e. The van der Waals surface area contributed by atoms with Gasteiger partial charge in [-0.2, -0.15) is 21.4 Å². The van der Waals surface area contributed by atoms with Gasteiger partial charge in [0, 0.05) is 7.05 Å². The minimum atomic E-state index is -1.10. The highest BCUT2D eigenvalue weighted by atomic mass is 32.1. The number of carbonyl (C=O) groups is 1. The Morgan fingerprint density at radius 3 is 3.00 bits per heavy atom. The van der Waals surface area contributed by atoms with E-state index in [2.05, 4.69) is 20.7 Å². The molecule has 0 saturated heterocycles. The number of nitrogens with one attached hydrogen (secondary N) is 2. The molecule has 0 saturated carbocycles. The van der Waals surface area contributed by atoms with Gasteiger partial charge in [0.05, 0.1) is 6.54 Å². The van der Waals surface area contributed by atoms with Gasteiger partial charge in [0.1, 0.15) is 11.9 Å². The van der Waals surface area contributed by atoms with Gasteiger partial charge in [-0.3, -0.25) is 5.32 Å². The lowest BCUT2D eigenvalue weighted by atomic mass is 9.99. The second-order valence-electron chi connectivity index (χ2n) is 4.30. The van der Waals surface area contributed by atoms with Crippen molar-refractivity contribution in [2.75, 3.05) is 11.9 Å². The van der Waals surface area contributed by atoms with Crippen molar-refractivity contribution >= 4 is 23.3 Å². The van der Waals surface area contributed by atoms with E-state index in [4.69, 9.17) is 0 Å². The molecule has 3 N–H and O–H groups in total. The largest absolute Gasteiger partial charge is 0.384 e. The minimum Gasteiger partial charge on any atom is -0.384 e. The molecule has 0 aromatic carbocycles. The zero-order valence-corrected chi connectivity index (χ0v) is 11.4. The van der Waals surface area contributed by atoms with Gasteiger partial charge in [-0.15, -0.1) is 0 Å². The summed E-state index contributed by atoms with van der Waals surface area (Å²) in [6, 6.07) is 1.39. The van der Waals surface area contributed by atoms with Crippen LogP contribution in [-0.4, -0.2) is 32.4 Å². The molecule has 2 heterocycles. The predicted octanol–water partition coefficient (Wildman–Crippen LogP) is 0.906. The molecule has 19 heavy (non-hydrogen) atoms. The van der Waals surface area contributed by atoms with E-state index in [0.717, 1.165) is 5.56 Å². The number of aromatic nitrogens is 3. The maximum absolute atomic E-state index is 11.7. The third kappa shape index (κ3) is 3.30. The highest BCUT2D eigenvalue weighted by molar-refractivity contribution is 7.08. The summed E-state index contributed by atoms with van der Waals surface area (Å²) in [4.78, 5) is 15.5. The van der Waals surface area contributed by atoms with Crippen molar-refractivity contribution in [1.82, 2.24) is 20.1 Å². The van der Waals surface area contributed by atoms with E-state index in [9.17, 15) is 9.90 Å². The smallest absolute Gasteiger partial charge is 0.321 e. The van der Waals surface area contributed by atoms with Gasteiger partial charge in [0.2, 0.25) is 5.95 Å². The molecule has 2 amide bonds. The predicted molar refractivity (Wildman–Crippen MR) is 71.9 cm³/mol. The van der Waals surface area contributed by atoms with Gasteiger partial charge in [-0.25, -0.2) is 9.48 Å². The molecule has 0 bridgehead atoms. The Morgan fingerprint density at radius 1 is 1.63 bits per heavy atom. The fraction of sp³-hybridized carbons (Fsp3) is 0.364. The number of aryl methyl sites for hydroxylation is 1. The lowest BCUT2D eigenvalue weighted by Gasteiger charge is -2.22. The van der Waals surface area contributed by atoms with E-state index in [1.54, 1.807) is 14.0 Å². The first kappa shape index (κ1) is 13.5. The number of hydrogen-bond donors (Lipinski definition) is 3. The van der Waals surface area contributed by atoms with Crippen LogP contribution in [0.4, 0.5) is 10.7 Å². The molecule has 0 radical (unpaired) electrons. The molecule has 0 aliphatic carbocycles. The Labute approximate surface area is 114 Å². The molecule has 2 rings (SSSR count). The van der Waals surface area contributed by atoms with Crippen LogP contribution in [0.5, 0.6) is 0 Å². The van der Waals surface area contributed by atoms with Crippen LogP contribution in [0.3, 0.4) is 0 Å². The Kier molecular flexibility index (Phi) is 3.82. The van der Waals surface area contributed by atoms with Crippen LogP contribution in [0.1, 0.15) is 12.5 Å². The molecule has 7 nitrogen and oxygen atoms in total. The van der Waals surface area contributed by atoms with Crippen molar-refractivity contribution in [2.45, 2.75) is 12.5 Å². The average molecular weight is 281 g/mol. The summed E-state index contributed by atoms with van der Waals surface area (Å²) >= 11 is 1.50. The van der Waals surface area contributed by atoms with Gasteiger partial charge in [0.15, 0.2) is 0 Å². The number of rotatable bonds is 4. The van der Waals surface area contributed by atoms with Gasteiger partial charge in [0.25, 0.3) is 0 Å². The molecule has 2 aromatic rings. The second kappa shape index (κ2) is 5.37. The number of hydrogen-bond acceptors (Lipinski definition) is 5. The van der Waals surface area contributed by atoms with E-state index in [1.165, 1.54) is 22.3 Å². The molecule has 0 aliphatic rings. The summed E-state index contributed by atoms with van der Waals surface area (Å²) in [7, 11) is 1.67. The van der Waals surface area contributed by atoms with E-state index in [-0.39, 0.29) is 6.54 Å². The molecular weight excluding hydrogens is 266 g/mol. The number of nitrogens with zero attached hydrogens (tertiary/aromatic N) is 3. The van der Waals surface area contributed by atoms with Crippen LogP contribution in [-0.2, 0) is 12.6 Å². The normalized spacial score (nSPS) is 13.8. The maximum atomic E-state index is 11.7. The Morgan fingerprint density at radius 2 is 2.42 bits per heavy atom. The van der Waals surface area contributed by atoms with Gasteiger partial charge in [-0.1, -0.05) is 0 Å². The molecule has 2 aromatic heterocycles. The molecule has 0 fully saturated rings. The summed E-state index contributed by atoms with van der Waals surface area (Å²) < 4.78 is 1.44. The first-order valence-corrected chi connectivity index (χ1v) is 6.57. The Hall–Kier alpha value is -1.93. The number of anilines is 1. The van der Waals surface area contributed by atoms with Crippen molar-refractivity contribution in [2.24, 2.45) is 7.05 Å². The number of urea groups is 1. The van der Waals surface area contributed by atoms with Crippen LogP contribution in [0.25, 0.3) is 0 Å². The summed E-state index contributed by atoms with van der Waals surface area (Å²) in [5.74, 6) is 0.340. The zero-order valence-electron chi connectivity index (χ0n) is 10.6. The fourth-order valence-electron chi connectivity index (χ4n) is 1.48. The first-order valence-electron chi connectivity index (χ1n) is 5.63. The Balaban J connectivity index is 1.89.